The van der Waals surface area contributed by atoms with E-state index < -0.39 is 10.8 Å². The average molecular weight is 237 g/mol. The van der Waals surface area contributed by atoms with Gasteiger partial charge in [0.2, 0.25) is 0 Å². The van der Waals surface area contributed by atoms with Crippen LogP contribution in [-0.2, 0) is 10.8 Å². The number of hydrogen-bond acceptors (Lipinski definition) is 2. The lowest BCUT2D eigenvalue weighted by atomic mass is 10.0. The van der Waals surface area contributed by atoms with Gasteiger partial charge in [0.25, 0.3) is 0 Å². The molecule has 0 bridgehead atoms. The molecule has 0 spiro atoms. The topological polar surface area (TPSA) is 29.1 Å². The maximum Gasteiger partial charge on any atom is 0.0441 e. The third-order valence-corrected chi connectivity index (χ3v) is 4.71. The monoisotopic (exact) mass is 237 g/mol. The molecular weight excluding hydrogens is 218 g/mol. The second-order valence-electron chi connectivity index (χ2n) is 4.45. The summed E-state index contributed by atoms with van der Waals surface area (Å²) in [5.41, 5.74) is 2.59. The first-order chi connectivity index (χ1) is 7.70. The molecule has 3 heteroatoms. The van der Waals surface area contributed by atoms with Crippen LogP contribution in [0.3, 0.4) is 0 Å². The van der Waals surface area contributed by atoms with E-state index in [1.165, 1.54) is 11.1 Å². The predicted octanol–water partition coefficient (Wildman–Crippen LogP) is 2.17. The molecular formula is C13H19NOS. The predicted molar refractivity (Wildman–Crippen MR) is 69.0 cm³/mol. The van der Waals surface area contributed by atoms with Crippen LogP contribution in [0, 0.1) is 6.92 Å². The number of aryl methyl sites for hydroxylation is 1. The lowest BCUT2D eigenvalue weighted by molar-refractivity contribution is 0.455. The summed E-state index contributed by atoms with van der Waals surface area (Å²) in [5.74, 6) is 1.56. The van der Waals surface area contributed by atoms with Gasteiger partial charge in [-0.15, -0.1) is 0 Å². The van der Waals surface area contributed by atoms with Crippen LogP contribution in [0.25, 0.3) is 0 Å². The Labute approximate surface area is 99.9 Å². The van der Waals surface area contributed by atoms with Crippen molar-refractivity contribution in [2.24, 2.45) is 0 Å². The zero-order valence-corrected chi connectivity index (χ0v) is 10.7. The minimum Gasteiger partial charge on any atom is -0.305 e. The summed E-state index contributed by atoms with van der Waals surface area (Å²) >= 11 is 0. The van der Waals surface area contributed by atoms with E-state index in [1.54, 1.807) is 0 Å². The van der Waals surface area contributed by atoms with Gasteiger partial charge in [-0.1, -0.05) is 31.2 Å². The molecule has 3 unspecified atom stereocenters. The SMILES string of the molecule is CCC1CS(=O)CC(c2ccccc2C)N1. The van der Waals surface area contributed by atoms with Gasteiger partial charge in [-0.3, -0.25) is 4.21 Å². The van der Waals surface area contributed by atoms with Gasteiger partial charge in [0.15, 0.2) is 0 Å². The van der Waals surface area contributed by atoms with Crippen LogP contribution in [0.1, 0.15) is 30.5 Å². The van der Waals surface area contributed by atoms with E-state index in [9.17, 15) is 4.21 Å². The van der Waals surface area contributed by atoms with E-state index in [4.69, 9.17) is 0 Å². The van der Waals surface area contributed by atoms with Crippen LogP contribution in [0.15, 0.2) is 24.3 Å². The van der Waals surface area contributed by atoms with Crippen LogP contribution in [0.4, 0.5) is 0 Å². The van der Waals surface area contributed by atoms with Crippen LogP contribution < -0.4 is 5.32 Å². The van der Waals surface area contributed by atoms with Gasteiger partial charge in [-0.25, -0.2) is 0 Å². The molecule has 2 nitrogen and oxygen atoms in total. The summed E-state index contributed by atoms with van der Waals surface area (Å²) < 4.78 is 11.8. The maximum atomic E-state index is 11.8. The standard InChI is InChI=1S/C13H19NOS/c1-3-11-8-16(15)9-13(14-11)12-7-5-4-6-10(12)2/h4-7,11,13-14H,3,8-9H2,1-2H3. The molecule has 1 aromatic rings. The van der Waals surface area contributed by atoms with Gasteiger partial charge in [-0.05, 0) is 24.5 Å². The third kappa shape index (κ3) is 2.53. The molecule has 1 saturated heterocycles. The van der Waals surface area contributed by atoms with Crippen molar-refractivity contribution in [3.63, 3.8) is 0 Å². The number of benzene rings is 1. The molecule has 3 atom stereocenters. The lowest BCUT2D eigenvalue weighted by Gasteiger charge is -2.31. The third-order valence-electron chi connectivity index (χ3n) is 3.23. The largest absolute Gasteiger partial charge is 0.305 e. The molecule has 1 aromatic carbocycles. The Morgan fingerprint density at radius 3 is 2.81 bits per heavy atom. The van der Waals surface area contributed by atoms with Gasteiger partial charge >= 0.3 is 0 Å². The highest BCUT2D eigenvalue weighted by atomic mass is 32.2. The Balaban J connectivity index is 2.21. The smallest absolute Gasteiger partial charge is 0.0441 e. The summed E-state index contributed by atoms with van der Waals surface area (Å²) in [6.07, 6.45) is 1.05. The number of rotatable bonds is 2. The summed E-state index contributed by atoms with van der Waals surface area (Å²) in [5, 5.41) is 3.60. The second kappa shape index (κ2) is 5.11. The van der Waals surface area contributed by atoms with Crippen molar-refractivity contribution in [2.45, 2.75) is 32.4 Å². The Bertz CT molecular complexity index is 391. The van der Waals surface area contributed by atoms with Crippen LogP contribution >= 0.6 is 0 Å². The van der Waals surface area contributed by atoms with Gasteiger partial charge < -0.3 is 5.32 Å². The number of nitrogens with one attached hydrogen (secondary N) is 1. The molecule has 1 aliphatic heterocycles. The van der Waals surface area contributed by atoms with E-state index in [0.29, 0.717) is 6.04 Å². The van der Waals surface area contributed by atoms with Crippen molar-refractivity contribution < 1.29 is 4.21 Å². The maximum absolute atomic E-state index is 11.8. The molecule has 0 aliphatic carbocycles. The summed E-state index contributed by atoms with van der Waals surface area (Å²) in [6.45, 7) is 4.27. The molecule has 1 N–H and O–H groups in total. The lowest BCUT2D eigenvalue weighted by Crippen LogP contribution is -2.44. The van der Waals surface area contributed by atoms with Crippen LogP contribution in [0.5, 0.6) is 0 Å². The fourth-order valence-electron chi connectivity index (χ4n) is 2.25. The average Bonchev–Trinajstić information content (AvgIpc) is 2.28. The van der Waals surface area contributed by atoms with Gasteiger partial charge in [-0.2, -0.15) is 0 Å². The second-order valence-corrected chi connectivity index (χ2v) is 6.00. The van der Waals surface area contributed by atoms with Crippen molar-refractivity contribution in [1.29, 1.82) is 0 Å². The van der Waals surface area contributed by atoms with E-state index >= 15 is 0 Å². The van der Waals surface area contributed by atoms with Crippen molar-refractivity contribution in [3.05, 3.63) is 35.4 Å². The minimum atomic E-state index is -0.671. The Morgan fingerprint density at radius 1 is 1.38 bits per heavy atom. The zero-order valence-electron chi connectivity index (χ0n) is 9.90. The molecule has 0 radical (unpaired) electrons. The Morgan fingerprint density at radius 2 is 2.12 bits per heavy atom. The summed E-state index contributed by atoms with van der Waals surface area (Å²) in [4.78, 5) is 0. The molecule has 1 fully saturated rings. The normalized spacial score (nSPS) is 30.2. The highest BCUT2D eigenvalue weighted by molar-refractivity contribution is 7.85. The molecule has 0 saturated carbocycles. The van der Waals surface area contributed by atoms with Crippen molar-refractivity contribution in [3.8, 4) is 0 Å². The first-order valence-corrected chi connectivity index (χ1v) is 7.36. The summed E-state index contributed by atoms with van der Waals surface area (Å²) in [6, 6.07) is 9.04. The molecule has 1 aliphatic rings. The highest BCUT2D eigenvalue weighted by Gasteiger charge is 2.26. The zero-order chi connectivity index (χ0) is 11.5. The van der Waals surface area contributed by atoms with Crippen LogP contribution in [0.2, 0.25) is 0 Å². The highest BCUT2D eigenvalue weighted by Crippen LogP contribution is 2.22. The fourth-order valence-corrected chi connectivity index (χ4v) is 3.82. The van der Waals surface area contributed by atoms with Crippen molar-refractivity contribution >= 4 is 10.8 Å². The van der Waals surface area contributed by atoms with E-state index in [-0.39, 0.29) is 6.04 Å². The van der Waals surface area contributed by atoms with Gasteiger partial charge in [0.05, 0.1) is 0 Å². The summed E-state index contributed by atoms with van der Waals surface area (Å²) in [7, 11) is -0.671. The van der Waals surface area contributed by atoms with E-state index in [1.807, 2.05) is 0 Å². The minimum absolute atomic E-state index is 0.265. The first-order valence-electron chi connectivity index (χ1n) is 5.87. The molecule has 16 heavy (non-hydrogen) atoms. The van der Waals surface area contributed by atoms with Gasteiger partial charge in [0, 0.05) is 34.4 Å². The quantitative estimate of drug-likeness (QED) is 0.854. The molecule has 1 heterocycles. The molecule has 2 rings (SSSR count). The fraction of sp³-hybridized carbons (Fsp3) is 0.538. The van der Waals surface area contributed by atoms with E-state index in [0.717, 1.165) is 17.9 Å². The Kier molecular flexibility index (Phi) is 3.77. The molecule has 88 valence electrons. The van der Waals surface area contributed by atoms with Crippen molar-refractivity contribution in [1.82, 2.24) is 5.32 Å². The first kappa shape index (κ1) is 11.8. The van der Waals surface area contributed by atoms with Gasteiger partial charge in [0.1, 0.15) is 0 Å². The van der Waals surface area contributed by atoms with E-state index in [2.05, 4.69) is 43.4 Å². The molecule has 0 aromatic heterocycles. The molecule has 0 amide bonds. The van der Waals surface area contributed by atoms with Crippen molar-refractivity contribution in [2.75, 3.05) is 11.5 Å². The Hall–Kier alpha value is -0.670. The van der Waals surface area contributed by atoms with Crippen LogP contribution in [-0.4, -0.2) is 21.8 Å². The number of hydrogen-bond donors (Lipinski definition) is 1.